The van der Waals surface area contributed by atoms with Gasteiger partial charge in [-0.15, -0.1) is 0 Å². The molecule has 3 aromatic rings. The van der Waals surface area contributed by atoms with Gasteiger partial charge in [-0.05, 0) is 80.2 Å². The molecule has 5 rings (SSSR count). The summed E-state index contributed by atoms with van der Waals surface area (Å²) in [6.07, 6.45) is 12.2. The van der Waals surface area contributed by atoms with Gasteiger partial charge in [-0.3, -0.25) is 14.5 Å². The molecule has 2 fully saturated rings. The van der Waals surface area contributed by atoms with E-state index in [0.29, 0.717) is 17.6 Å². The van der Waals surface area contributed by atoms with E-state index in [-0.39, 0.29) is 5.92 Å². The summed E-state index contributed by atoms with van der Waals surface area (Å²) in [5, 5.41) is 6.51. The number of fused-ring (bicyclic) bond motifs is 1. The zero-order chi connectivity index (χ0) is 21.4. The van der Waals surface area contributed by atoms with Crippen molar-refractivity contribution in [3.8, 4) is 11.1 Å². The van der Waals surface area contributed by atoms with Gasteiger partial charge >= 0.3 is 0 Å². The van der Waals surface area contributed by atoms with E-state index in [1.165, 1.54) is 38.9 Å². The Kier molecular flexibility index (Phi) is 5.39. The number of hydrogen-bond donors (Lipinski definition) is 0. The molecule has 1 aromatic carbocycles. The molecule has 1 saturated heterocycles. The van der Waals surface area contributed by atoms with Gasteiger partial charge in [0.05, 0.1) is 6.20 Å². The van der Waals surface area contributed by atoms with Crippen LogP contribution < -0.4 is 0 Å². The fourth-order valence-electron chi connectivity index (χ4n) is 5.54. The molecule has 0 radical (unpaired) electrons. The fourth-order valence-corrected chi connectivity index (χ4v) is 5.54. The first-order valence-electron chi connectivity index (χ1n) is 11.7. The number of Topliss-reactive ketones (excluding diaryl/α,β-unsaturated/α-hetero) is 1. The first-order valence-corrected chi connectivity index (χ1v) is 11.7. The van der Waals surface area contributed by atoms with Crippen molar-refractivity contribution < 1.29 is 4.79 Å². The second kappa shape index (κ2) is 8.19. The third-order valence-corrected chi connectivity index (χ3v) is 7.44. The monoisotopic (exact) mass is 416 g/mol. The molecule has 1 aliphatic heterocycles. The first-order chi connectivity index (χ1) is 15.0. The minimum absolute atomic E-state index is 0.233. The molecule has 5 nitrogen and oxygen atoms in total. The van der Waals surface area contributed by atoms with Gasteiger partial charge < -0.3 is 4.90 Å². The Morgan fingerprint density at radius 2 is 1.90 bits per heavy atom. The maximum Gasteiger partial charge on any atom is 0.141 e. The predicted molar refractivity (Wildman–Crippen MR) is 124 cm³/mol. The third kappa shape index (κ3) is 4.16. The highest BCUT2D eigenvalue weighted by Crippen LogP contribution is 2.53. The van der Waals surface area contributed by atoms with Crippen LogP contribution in [0, 0.1) is 11.3 Å². The number of hydrogen-bond acceptors (Lipinski definition) is 4. The van der Waals surface area contributed by atoms with Crippen molar-refractivity contribution in [2.24, 2.45) is 18.4 Å². The molecule has 31 heavy (non-hydrogen) atoms. The van der Waals surface area contributed by atoms with Crippen molar-refractivity contribution in [1.29, 1.82) is 0 Å². The van der Waals surface area contributed by atoms with Gasteiger partial charge in [0.2, 0.25) is 0 Å². The number of carbonyl (C=O) groups is 1. The van der Waals surface area contributed by atoms with Crippen LogP contribution >= 0.6 is 0 Å². The third-order valence-electron chi connectivity index (χ3n) is 7.44. The lowest BCUT2D eigenvalue weighted by Crippen LogP contribution is -2.49. The number of ketones is 1. The van der Waals surface area contributed by atoms with E-state index in [9.17, 15) is 4.79 Å². The molecule has 1 spiro atoms. The molecule has 1 aliphatic carbocycles. The van der Waals surface area contributed by atoms with Crippen LogP contribution in [0.1, 0.15) is 44.7 Å². The van der Waals surface area contributed by atoms with Crippen LogP contribution in [0.4, 0.5) is 0 Å². The molecule has 0 unspecified atom stereocenters. The maximum atomic E-state index is 13.0. The van der Waals surface area contributed by atoms with E-state index < -0.39 is 0 Å². The molecule has 0 atom stereocenters. The van der Waals surface area contributed by atoms with Gasteiger partial charge in [0, 0.05) is 48.4 Å². The first kappa shape index (κ1) is 20.4. The Bertz CT molecular complexity index is 1090. The maximum absolute atomic E-state index is 13.0. The molecule has 0 bridgehead atoms. The van der Waals surface area contributed by atoms with Crippen LogP contribution in [0.3, 0.4) is 0 Å². The Hall–Kier alpha value is -2.53. The number of nitrogens with zero attached hydrogens (tertiary/aromatic N) is 4. The molecule has 1 saturated carbocycles. The number of piperidine rings is 1. The molecular formula is C26H32N4O. The standard InChI is InChI=1S/C26H32N4O/c1-3-8-30-9-6-26(7-10-30)14-22(15-26)25(31)13-24-12-21-11-19(4-5-20(21)16-27-24)23-17-28-29(2)18-23/h4-5,11-12,16-18,22H,3,6-10,13-15H2,1-2H3. The van der Waals surface area contributed by atoms with Crippen LogP contribution in [-0.4, -0.2) is 45.1 Å². The highest BCUT2D eigenvalue weighted by atomic mass is 16.1. The Balaban J connectivity index is 1.23. The number of pyridine rings is 1. The Labute approximate surface area is 184 Å². The number of benzene rings is 1. The van der Waals surface area contributed by atoms with Crippen LogP contribution in [0.5, 0.6) is 0 Å². The zero-order valence-corrected chi connectivity index (χ0v) is 18.7. The minimum atomic E-state index is 0.233. The molecule has 2 aliphatic rings. The number of likely N-dealkylation sites (tertiary alicyclic amines) is 1. The van der Waals surface area contributed by atoms with Crippen molar-refractivity contribution >= 4 is 16.6 Å². The van der Waals surface area contributed by atoms with E-state index in [1.807, 2.05) is 30.3 Å². The van der Waals surface area contributed by atoms with Gasteiger partial charge in [0.15, 0.2) is 0 Å². The molecule has 3 heterocycles. The van der Waals surface area contributed by atoms with Gasteiger partial charge in [-0.2, -0.15) is 5.10 Å². The summed E-state index contributed by atoms with van der Waals surface area (Å²) in [7, 11) is 1.93. The lowest BCUT2D eigenvalue weighted by Gasteiger charge is -2.52. The second-order valence-corrected chi connectivity index (χ2v) is 9.73. The summed E-state index contributed by atoms with van der Waals surface area (Å²) < 4.78 is 1.81. The van der Waals surface area contributed by atoms with Gasteiger partial charge in [-0.25, -0.2) is 0 Å². The summed E-state index contributed by atoms with van der Waals surface area (Å²) in [4.78, 5) is 20.1. The second-order valence-electron chi connectivity index (χ2n) is 9.73. The summed E-state index contributed by atoms with van der Waals surface area (Å²) in [6, 6.07) is 8.46. The quantitative estimate of drug-likeness (QED) is 0.587. The normalized spacial score (nSPS) is 19.0. The zero-order valence-electron chi connectivity index (χ0n) is 18.7. The number of aryl methyl sites for hydroxylation is 1. The van der Waals surface area contributed by atoms with E-state index in [2.05, 4.69) is 46.2 Å². The molecule has 5 heteroatoms. The van der Waals surface area contributed by atoms with E-state index >= 15 is 0 Å². The lowest BCUT2D eigenvalue weighted by atomic mass is 9.56. The summed E-state index contributed by atoms with van der Waals surface area (Å²) >= 11 is 0. The van der Waals surface area contributed by atoms with Gasteiger partial charge in [0.1, 0.15) is 5.78 Å². The average molecular weight is 417 g/mol. The van der Waals surface area contributed by atoms with Crippen molar-refractivity contribution in [1.82, 2.24) is 19.7 Å². The topological polar surface area (TPSA) is 51.0 Å². The van der Waals surface area contributed by atoms with Crippen molar-refractivity contribution in [2.45, 2.75) is 45.4 Å². The van der Waals surface area contributed by atoms with Crippen LogP contribution in [0.25, 0.3) is 21.9 Å². The highest BCUT2D eigenvalue weighted by Gasteiger charge is 2.47. The molecule has 162 valence electrons. The smallest absolute Gasteiger partial charge is 0.141 e. The van der Waals surface area contributed by atoms with E-state index in [1.54, 1.807) is 0 Å². The summed E-state index contributed by atoms with van der Waals surface area (Å²) in [6.45, 7) is 5.89. The highest BCUT2D eigenvalue weighted by molar-refractivity contribution is 5.89. The van der Waals surface area contributed by atoms with Crippen LogP contribution in [-0.2, 0) is 18.3 Å². The molecule has 0 amide bonds. The largest absolute Gasteiger partial charge is 0.303 e. The Morgan fingerprint density at radius 1 is 1.10 bits per heavy atom. The van der Waals surface area contributed by atoms with Crippen molar-refractivity contribution in [3.05, 3.63) is 48.5 Å². The molecular weight excluding hydrogens is 384 g/mol. The molecule has 2 aromatic heterocycles. The number of carbonyl (C=O) groups excluding carboxylic acids is 1. The fraction of sp³-hybridized carbons (Fsp3) is 0.500. The van der Waals surface area contributed by atoms with E-state index in [4.69, 9.17) is 0 Å². The lowest BCUT2D eigenvalue weighted by molar-refractivity contribution is -0.132. The number of rotatable bonds is 6. The van der Waals surface area contributed by atoms with Gasteiger partial charge in [-0.1, -0.05) is 19.1 Å². The Morgan fingerprint density at radius 3 is 2.61 bits per heavy atom. The van der Waals surface area contributed by atoms with Gasteiger partial charge in [0.25, 0.3) is 0 Å². The van der Waals surface area contributed by atoms with Crippen LogP contribution in [0.2, 0.25) is 0 Å². The van der Waals surface area contributed by atoms with E-state index in [0.717, 1.165) is 40.4 Å². The summed E-state index contributed by atoms with van der Waals surface area (Å²) in [5.74, 6) is 0.605. The van der Waals surface area contributed by atoms with Crippen molar-refractivity contribution in [2.75, 3.05) is 19.6 Å². The van der Waals surface area contributed by atoms with Crippen LogP contribution in [0.15, 0.2) is 42.9 Å². The molecule has 0 N–H and O–H groups in total. The number of aromatic nitrogens is 3. The average Bonchev–Trinajstić information content (AvgIpc) is 3.19. The predicted octanol–water partition coefficient (Wildman–Crippen LogP) is 4.65. The minimum Gasteiger partial charge on any atom is -0.303 e. The van der Waals surface area contributed by atoms with Crippen molar-refractivity contribution in [3.63, 3.8) is 0 Å². The summed E-state index contributed by atoms with van der Waals surface area (Å²) in [5.41, 5.74) is 3.57. The SMILES string of the molecule is CCCN1CCC2(CC1)CC(C(=O)Cc1cc3cc(-c4cnn(C)c4)ccc3cn1)C2.